The van der Waals surface area contributed by atoms with Gasteiger partial charge in [0.05, 0.1) is 12.7 Å². The van der Waals surface area contributed by atoms with Gasteiger partial charge in [0.1, 0.15) is 12.0 Å². The second kappa shape index (κ2) is 9.03. The van der Waals surface area contributed by atoms with Gasteiger partial charge in [-0.25, -0.2) is 13.4 Å². The van der Waals surface area contributed by atoms with Gasteiger partial charge in [-0.05, 0) is 18.9 Å². The second-order valence-electron chi connectivity index (χ2n) is 4.61. The normalized spacial score (nSPS) is 24.5. The second-order valence-corrected chi connectivity index (χ2v) is 8.07. The van der Waals surface area contributed by atoms with E-state index in [1.165, 1.54) is 16.8 Å². The van der Waals surface area contributed by atoms with E-state index >= 15 is 0 Å². The molecule has 1 aliphatic rings. The largest absolute Gasteiger partial charge is 0.383 e. The van der Waals surface area contributed by atoms with E-state index in [9.17, 15) is 18.5 Å². The van der Waals surface area contributed by atoms with Gasteiger partial charge in [-0.2, -0.15) is 4.98 Å². The van der Waals surface area contributed by atoms with Crippen molar-refractivity contribution in [3.63, 3.8) is 0 Å². The maximum Gasteiger partial charge on any atom is 0.351 e. The highest BCUT2D eigenvalue weighted by molar-refractivity contribution is 7.53. The van der Waals surface area contributed by atoms with Crippen LogP contribution in [0.3, 0.4) is 0 Å². The van der Waals surface area contributed by atoms with E-state index in [-0.39, 0.29) is 12.4 Å². The summed E-state index contributed by atoms with van der Waals surface area (Å²) in [5.74, 6) is 0.104. The lowest BCUT2D eigenvalue weighted by atomic mass is 10.2. The maximum atomic E-state index is 11.7. The summed E-state index contributed by atoms with van der Waals surface area (Å²) < 4.78 is 52.8. The van der Waals surface area contributed by atoms with Crippen molar-refractivity contribution >= 4 is 30.6 Å². The van der Waals surface area contributed by atoms with Gasteiger partial charge >= 0.3 is 30.5 Å². The van der Waals surface area contributed by atoms with E-state index in [4.69, 9.17) is 19.9 Å². The molecule has 1 fully saturated rings. The van der Waals surface area contributed by atoms with E-state index in [2.05, 4.69) is 13.6 Å². The van der Waals surface area contributed by atoms with Crippen LogP contribution in [0.25, 0.3) is 0 Å². The van der Waals surface area contributed by atoms with Gasteiger partial charge in [-0.1, -0.05) is 0 Å². The molecule has 136 valence electrons. The zero-order valence-corrected chi connectivity index (χ0v) is 15.1. The van der Waals surface area contributed by atoms with Crippen LogP contribution < -0.4 is 11.4 Å². The van der Waals surface area contributed by atoms with Crippen LogP contribution in [0.5, 0.6) is 0 Å². The Bertz CT molecular complexity index is 711. The minimum absolute atomic E-state index is 0.104. The Morgan fingerprint density at radius 1 is 1.33 bits per heavy atom. The molecule has 15 heteroatoms. The molecular weight excluding hydrogens is 387 g/mol. The first kappa shape index (κ1) is 19.5. The molecule has 12 nitrogen and oxygen atoms in total. The lowest BCUT2D eigenvalue weighted by Crippen LogP contribution is -2.27. The number of nitrogen functional groups attached to an aromatic ring is 1. The number of nitrogens with two attached hydrogens (primary N) is 1. The molecule has 0 amide bonds. The van der Waals surface area contributed by atoms with Crippen LogP contribution in [-0.4, -0.2) is 27.2 Å². The maximum absolute atomic E-state index is 11.7. The van der Waals surface area contributed by atoms with E-state index in [1.54, 1.807) is 0 Å². The summed E-state index contributed by atoms with van der Waals surface area (Å²) in [7, 11) is -9.98. The summed E-state index contributed by atoms with van der Waals surface area (Å²) in [6.07, 6.45) is 1.48. The number of hydrogen-bond donors (Lipinski definition) is 2. The number of aromatic nitrogens is 2. The number of ether oxygens (including phenoxy) is 1. The van der Waals surface area contributed by atoms with Crippen molar-refractivity contribution in [3.8, 4) is 0 Å². The molecule has 5 unspecified atom stereocenters. The van der Waals surface area contributed by atoms with Crippen molar-refractivity contribution in [1.82, 2.24) is 9.55 Å². The predicted molar refractivity (Wildman–Crippen MR) is 83.4 cm³/mol. The van der Waals surface area contributed by atoms with Crippen LogP contribution in [-0.2, 0) is 31.6 Å². The topological polar surface area (TPSA) is 169 Å². The molecule has 2 rings (SSSR count). The summed E-state index contributed by atoms with van der Waals surface area (Å²) in [5.41, 5.74) is 4.86. The van der Waals surface area contributed by atoms with E-state index in [1.807, 2.05) is 0 Å². The summed E-state index contributed by atoms with van der Waals surface area (Å²) in [6, 6.07) is 1.46. The van der Waals surface area contributed by atoms with Crippen LogP contribution in [0.4, 0.5) is 5.82 Å². The molecule has 0 aliphatic carbocycles. The lowest BCUT2D eigenvalue weighted by molar-refractivity contribution is -0.0200. The average molecular weight is 403 g/mol. The van der Waals surface area contributed by atoms with Crippen molar-refractivity contribution < 1.29 is 36.5 Å². The van der Waals surface area contributed by atoms with Gasteiger partial charge in [0.15, 0.2) is 0 Å². The molecule has 1 aromatic heterocycles. The van der Waals surface area contributed by atoms with Gasteiger partial charge in [0, 0.05) is 6.20 Å². The number of nitrogens with zero attached hydrogens (tertiary/aromatic N) is 2. The minimum Gasteiger partial charge on any atom is -0.383 e. The van der Waals surface area contributed by atoms with Crippen LogP contribution in [0.15, 0.2) is 17.1 Å². The molecule has 5 atom stereocenters. The molecule has 0 saturated carbocycles. The number of anilines is 1. The SMILES string of the molecule is Nc1ccn(C2CCC(CO[PH](=O)O[PH](=O)O[PH](=O)O)O2)c(=O)n1. The van der Waals surface area contributed by atoms with Crippen LogP contribution >= 0.6 is 24.8 Å². The first-order valence-corrected chi connectivity index (χ1v) is 10.4. The van der Waals surface area contributed by atoms with Gasteiger partial charge in [0.25, 0.3) is 0 Å². The summed E-state index contributed by atoms with van der Waals surface area (Å²) in [6.45, 7) is -0.130. The third kappa shape index (κ3) is 5.91. The standard InChI is InChI=1S/C9H16N3O9P3/c10-7-3-4-12(9(13)11-7)8-2-1-6(19-8)5-18-23(16)21-24(17)20-22(14)15/h3-4,6,8,22-24H,1-2,5H2,(H,14,15)(H2,10,11,13). The fraction of sp³-hybridized carbons (Fsp3) is 0.556. The summed E-state index contributed by atoms with van der Waals surface area (Å²) in [5, 5.41) is 0. The molecule has 0 bridgehead atoms. The highest BCUT2D eigenvalue weighted by atomic mass is 31.2. The molecular formula is C9H16N3O9P3. The molecule has 1 saturated heterocycles. The quantitative estimate of drug-likeness (QED) is 0.586. The van der Waals surface area contributed by atoms with Crippen LogP contribution in [0, 0.1) is 0 Å². The number of rotatable bonds is 8. The fourth-order valence-electron chi connectivity index (χ4n) is 2.01. The summed E-state index contributed by atoms with van der Waals surface area (Å²) >= 11 is 0. The van der Waals surface area contributed by atoms with Crippen LogP contribution in [0.2, 0.25) is 0 Å². The smallest absolute Gasteiger partial charge is 0.351 e. The fourth-order valence-corrected chi connectivity index (χ4v) is 4.22. The third-order valence-corrected chi connectivity index (χ3v) is 6.07. The first-order chi connectivity index (χ1) is 11.3. The molecule has 0 aromatic carbocycles. The number of hydrogen-bond acceptors (Lipinski definition) is 10. The highest BCUT2D eigenvalue weighted by Crippen LogP contribution is 2.45. The Balaban J connectivity index is 1.80. The highest BCUT2D eigenvalue weighted by Gasteiger charge is 2.28. The molecule has 24 heavy (non-hydrogen) atoms. The average Bonchev–Trinajstić information content (AvgIpc) is 2.92. The van der Waals surface area contributed by atoms with Gasteiger partial charge in [-0.3, -0.25) is 18.3 Å². The minimum atomic E-state index is -3.45. The van der Waals surface area contributed by atoms with E-state index in [0.29, 0.717) is 12.8 Å². The first-order valence-electron chi connectivity index (χ1n) is 6.64. The molecule has 3 N–H and O–H groups in total. The van der Waals surface area contributed by atoms with Crippen molar-refractivity contribution in [2.75, 3.05) is 12.3 Å². The van der Waals surface area contributed by atoms with Gasteiger partial charge < -0.3 is 19.9 Å². The third-order valence-electron chi connectivity index (χ3n) is 2.97. The molecule has 0 radical (unpaired) electrons. The molecule has 2 heterocycles. The van der Waals surface area contributed by atoms with E-state index < -0.39 is 42.8 Å². The molecule has 0 spiro atoms. The Kier molecular flexibility index (Phi) is 7.34. The van der Waals surface area contributed by atoms with Gasteiger partial charge in [-0.15, -0.1) is 0 Å². The Morgan fingerprint density at radius 2 is 2.08 bits per heavy atom. The Morgan fingerprint density at radius 3 is 2.75 bits per heavy atom. The zero-order valence-electron chi connectivity index (χ0n) is 12.1. The predicted octanol–water partition coefficient (Wildman–Crippen LogP) is 0.714. The van der Waals surface area contributed by atoms with Crippen molar-refractivity contribution in [2.45, 2.75) is 25.2 Å². The zero-order chi connectivity index (χ0) is 17.7. The van der Waals surface area contributed by atoms with Gasteiger partial charge in [0.2, 0.25) is 0 Å². The van der Waals surface area contributed by atoms with Crippen molar-refractivity contribution in [2.24, 2.45) is 0 Å². The summed E-state index contributed by atoms with van der Waals surface area (Å²) in [4.78, 5) is 23.7. The Labute approximate surface area is 137 Å². The van der Waals surface area contributed by atoms with Crippen molar-refractivity contribution in [3.05, 3.63) is 22.7 Å². The van der Waals surface area contributed by atoms with E-state index in [0.717, 1.165) is 0 Å². The molecule has 1 aliphatic heterocycles. The van der Waals surface area contributed by atoms with Crippen LogP contribution in [0.1, 0.15) is 19.1 Å². The molecule has 1 aromatic rings. The Hall–Kier alpha value is -0.830. The van der Waals surface area contributed by atoms with Crippen molar-refractivity contribution in [1.29, 1.82) is 0 Å². The monoisotopic (exact) mass is 403 g/mol. The lowest BCUT2D eigenvalue weighted by Gasteiger charge is -2.15.